The topological polar surface area (TPSA) is 48.7 Å². The molecule has 0 amide bonds. The van der Waals surface area contributed by atoms with Crippen molar-refractivity contribution in [2.45, 2.75) is 52.2 Å². The second-order valence-corrected chi connectivity index (χ2v) is 9.02. The Morgan fingerprint density at radius 2 is 2.03 bits per heavy atom. The predicted molar refractivity (Wildman–Crippen MR) is 125 cm³/mol. The number of aromatic nitrogens is 2. The van der Waals surface area contributed by atoms with Gasteiger partial charge in [-0.2, -0.15) is 5.10 Å². The fraction of sp³-hybridized carbons (Fsp3) is 0.583. The maximum absolute atomic E-state index is 4.63. The lowest BCUT2D eigenvalue weighted by Crippen LogP contribution is -2.41. The van der Waals surface area contributed by atoms with Gasteiger partial charge in [0.15, 0.2) is 5.96 Å². The molecule has 2 unspecified atom stereocenters. The van der Waals surface area contributed by atoms with Crippen LogP contribution in [0.4, 0.5) is 0 Å². The van der Waals surface area contributed by atoms with E-state index in [0.717, 1.165) is 32.1 Å². The van der Waals surface area contributed by atoms with E-state index in [-0.39, 0.29) is 0 Å². The summed E-state index contributed by atoms with van der Waals surface area (Å²) in [4.78, 5) is 9.32. The Balaban J connectivity index is 1.53. The molecule has 3 rings (SSSR count). The number of benzene rings is 1. The number of hydrogen-bond donors (Lipinski definition) is 1. The first-order valence-corrected chi connectivity index (χ1v) is 11.1. The standard InChI is InChI=1S/C24H38N6/c1-18(2)23-22(17-29(6)27-23)16-28(5)24(25-4)26-13-21-12-19(3)30(15-21)14-20-10-8-7-9-11-20/h7-11,17-19,21H,12-16H2,1-6H3,(H,25,26). The van der Waals surface area contributed by atoms with Crippen LogP contribution in [0.1, 0.15) is 49.9 Å². The Kier molecular flexibility index (Phi) is 7.53. The minimum atomic E-state index is 0.417. The molecule has 1 fully saturated rings. The van der Waals surface area contributed by atoms with Crippen molar-refractivity contribution in [2.75, 3.05) is 27.2 Å². The van der Waals surface area contributed by atoms with Gasteiger partial charge in [-0.25, -0.2) is 0 Å². The number of likely N-dealkylation sites (tertiary alicyclic amines) is 1. The SMILES string of the molecule is CN=C(NCC1CC(C)N(Cc2ccccc2)C1)N(C)Cc1cn(C)nc1C(C)C. The molecule has 0 spiro atoms. The number of aryl methyl sites for hydroxylation is 1. The van der Waals surface area contributed by atoms with Gasteiger partial charge >= 0.3 is 0 Å². The number of rotatable bonds is 7. The molecule has 164 valence electrons. The lowest BCUT2D eigenvalue weighted by atomic mass is 10.1. The molecular formula is C24H38N6. The molecule has 2 atom stereocenters. The maximum Gasteiger partial charge on any atom is 0.193 e. The van der Waals surface area contributed by atoms with Crippen LogP contribution >= 0.6 is 0 Å². The number of hydrogen-bond acceptors (Lipinski definition) is 3. The molecule has 0 aliphatic carbocycles. The summed E-state index contributed by atoms with van der Waals surface area (Å²) < 4.78 is 1.91. The van der Waals surface area contributed by atoms with E-state index >= 15 is 0 Å². The van der Waals surface area contributed by atoms with Gasteiger partial charge < -0.3 is 10.2 Å². The van der Waals surface area contributed by atoms with Crippen molar-refractivity contribution in [1.29, 1.82) is 0 Å². The van der Waals surface area contributed by atoms with Crippen LogP contribution < -0.4 is 5.32 Å². The van der Waals surface area contributed by atoms with Crippen molar-refractivity contribution in [3.05, 3.63) is 53.3 Å². The molecule has 0 radical (unpaired) electrons. The van der Waals surface area contributed by atoms with E-state index in [9.17, 15) is 0 Å². The van der Waals surface area contributed by atoms with Crippen LogP contribution in [0.3, 0.4) is 0 Å². The van der Waals surface area contributed by atoms with Crippen molar-refractivity contribution < 1.29 is 0 Å². The highest BCUT2D eigenvalue weighted by Crippen LogP contribution is 2.24. The van der Waals surface area contributed by atoms with Gasteiger partial charge in [-0.15, -0.1) is 0 Å². The van der Waals surface area contributed by atoms with Gasteiger partial charge in [0, 0.05) is 65.1 Å². The first kappa shape index (κ1) is 22.3. The van der Waals surface area contributed by atoms with Crippen LogP contribution in [0.2, 0.25) is 0 Å². The number of guanidine groups is 1. The molecule has 1 saturated heterocycles. The minimum Gasteiger partial charge on any atom is -0.356 e. The molecule has 1 aromatic carbocycles. The molecule has 2 heterocycles. The summed E-state index contributed by atoms with van der Waals surface area (Å²) >= 11 is 0. The molecule has 1 aromatic heterocycles. The smallest absolute Gasteiger partial charge is 0.193 e. The van der Waals surface area contributed by atoms with Gasteiger partial charge in [-0.05, 0) is 30.7 Å². The van der Waals surface area contributed by atoms with Crippen LogP contribution in [0.5, 0.6) is 0 Å². The van der Waals surface area contributed by atoms with Crippen molar-refractivity contribution in [2.24, 2.45) is 18.0 Å². The molecule has 0 bridgehead atoms. The fourth-order valence-corrected chi connectivity index (χ4v) is 4.52. The van der Waals surface area contributed by atoms with Gasteiger partial charge in [0.05, 0.1) is 5.69 Å². The summed E-state index contributed by atoms with van der Waals surface area (Å²) in [5.41, 5.74) is 3.83. The molecular weight excluding hydrogens is 372 g/mol. The van der Waals surface area contributed by atoms with Gasteiger partial charge in [0.1, 0.15) is 0 Å². The Hall–Kier alpha value is -2.34. The number of aliphatic imine (C=N–C) groups is 1. The lowest BCUT2D eigenvalue weighted by molar-refractivity contribution is 0.255. The quantitative estimate of drug-likeness (QED) is 0.561. The van der Waals surface area contributed by atoms with Crippen molar-refractivity contribution >= 4 is 5.96 Å². The second kappa shape index (κ2) is 10.1. The summed E-state index contributed by atoms with van der Waals surface area (Å²) in [5.74, 6) is 2.00. The van der Waals surface area contributed by atoms with Crippen molar-refractivity contribution in [1.82, 2.24) is 24.9 Å². The van der Waals surface area contributed by atoms with Crippen molar-refractivity contribution in [3.8, 4) is 0 Å². The van der Waals surface area contributed by atoms with Gasteiger partial charge in [-0.1, -0.05) is 44.2 Å². The summed E-state index contributed by atoms with van der Waals surface area (Å²) in [6.07, 6.45) is 3.35. The molecule has 1 aliphatic rings. The van der Waals surface area contributed by atoms with Gasteiger partial charge in [0.25, 0.3) is 0 Å². The average Bonchev–Trinajstić information content (AvgIpc) is 3.25. The van der Waals surface area contributed by atoms with E-state index in [1.807, 2.05) is 18.8 Å². The van der Waals surface area contributed by atoms with E-state index in [1.54, 1.807) is 0 Å². The Bertz CT molecular complexity index is 825. The zero-order valence-corrected chi connectivity index (χ0v) is 19.5. The molecule has 1 N–H and O–H groups in total. The summed E-state index contributed by atoms with van der Waals surface area (Å²) in [6.45, 7) is 10.7. The van der Waals surface area contributed by atoms with Crippen LogP contribution in [0.15, 0.2) is 41.5 Å². The highest BCUT2D eigenvalue weighted by Gasteiger charge is 2.29. The normalized spacial score (nSPS) is 20.2. The third-order valence-electron chi connectivity index (χ3n) is 6.03. The summed E-state index contributed by atoms with van der Waals surface area (Å²) in [5, 5.41) is 8.25. The van der Waals surface area contributed by atoms with E-state index in [0.29, 0.717) is 17.9 Å². The Morgan fingerprint density at radius 3 is 2.70 bits per heavy atom. The van der Waals surface area contributed by atoms with E-state index in [4.69, 9.17) is 0 Å². The lowest BCUT2D eigenvalue weighted by Gasteiger charge is -2.24. The van der Waals surface area contributed by atoms with Gasteiger partial charge in [-0.3, -0.25) is 14.6 Å². The largest absolute Gasteiger partial charge is 0.356 e. The van der Waals surface area contributed by atoms with Crippen LogP contribution in [0, 0.1) is 5.92 Å². The number of nitrogens with one attached hydrogen (secondary N) is 1. The predicted octanol–water partition coefficient (Wildman–Crippen LogP) is 3.46. The van der Waals surface area contributed by atoms with E-state index < -0.39 is 0 Å². The highest BCUT2D eigenvalue weighted by molar-refractivity contribution is 5.79. The van der Waals surface area contributed by atoms with Crippen LogP contribution in [-0.2, 0) is 20.1 Å². The first-order valence-electron chi connectivity index (χ1n) is 11.1. The van der Waals surface area contributed by atoms with Gasteiger partial charge in [0.2, 0.25) is 0 Å². The third-order valence-corrected chi connectivity index (χ3v) is 6.03. The zero-order chi connectivity index (χ0) is 21.7. The molecule has 2 aromatic rings. The maximum atomic E-state index is 4.63. The summed E-state index contributed by atoms with van der Waals surface area (Å²) in [7, 11) is 5.96. The molecule has 6 heteroatoms. The Labute approximate surface area is 182 Å². The fourth-order valence-electron chi connectivity index (χ4n) is 4.52. The molecule has 1 aliphatic heterocycles. The Morgan fingerprint density at radius 1 is 1.30 bits per heavy atom. The summed E-state index contributed by atoms with van der Waals surface area (Å²) in [6, 6.07) is 11.4. The van der Waals surface area contributed by atoms with Crippen LogP contribution in [-0.4, -0.2) is 58.8 Å². The van der Waals surface area contributed by atoms with Crippen molar-refractivity contribution in [3.63, 3.8) is 0 Å². The highest BCUT2D eigenvalue weighted by atomic mass is 15.3. The molecule has 30 heavy (non-hydrogen) atoms. The minimum absolute atomic E-state index is 0.417. The molecule has 0 saturated carbocycles. The first-order chi connectivity index (χ1) is 14.4. The van der Waals surface area contributed by atoms with E-state index in [2.05, 4.69) is 89.6 Å². The zero-order valence-electron chi connectivity index (χ0n) is 19.5. The average molecular weight is 411 g/mol. The monoisotopic (exact) mass is 410 g/mol. The van der Waals surface area contributed by atoms with Crippen LogP contribution in [0.25, 0.3) is 0 Å². The number of nitrogens with zero attached hydrogens (tertiary/aromatic N) is 5. The second-order valence-electron chi connectivity index (χ2n) is 9.02. The van der Waals surface area contributed by atoms with E-state index in [1.165, 1.54) is 23.2 Å². The third kappa shape index (κ3) is 5.63. The molecule has 6 nitrogen and oxygen atoms in total.